The molecule has 5 heteroatoms. The van der Waals surface area contributed by atoms with Gasteiger partial charge in [0.1, 0.15) is 5.75 Å². The van der Waals surface area contributed by atoms with Crippen molar-refractivity contribution < 1.29 is 14.3 Å². The van der Waals surface area contributed by atoms with Gasteiger partial charge in [0, 0.05) is 10.3 Å². The topological polar surface area (TPSA) is 43.4 Å². The fourth-order valence-electron chi connectivity index (χ4n) is 1.85. The van der Waals surface area contributed by atoms with Crippen LogP contribution >= 0.6 is 23.5 Å². The monoisotopic (exact) mass is 368 g/mol. The summed E-state index contributed by atoms with van der Waals surface area (Å²) in [4.78, 5) is 23.3. The van der Waals surface area contributed by atoms with Crippen molar-refractivity contribution in [1.29, 1.82) is 0 Å². The zero-order chi connectivity index (χ0) is 18.1. The van der Waals surface area contributed by atoms with E-state index in [2.05, 4.69) is 13.2 Å². The molecular formula is C20H16O3S2. The molecule has 2 rings (SSSR count). The highest BCUT2D eigenvalue weighted by Crippen LogP contribution is 2.26. The normalized spacial score (nSPS) is 10.4. The largest absolute Gasteiger partial charge is 0.464 e. The van der Waals surface area contributed by atoms with Gasteiger partial charge in [0.2, 0.25) is 10.2 Å². The molecule has 0 aliphatic carbocycles. The predicted octanol–water partition coefficient (Wildman–Crippen LogP) is 5.45. The smallest absolute Gasteiger partial charge is 0.216 e. The highest BCUT2D eigenvalue weighted by molar-refractivity contribution is 8.16. The molecule has 25 heavy (non-hydrogen) atoms. The van der Waals surface area contributed by atoms with Crippen molar-refractivity contribution >= 4 is 33.8 Å². The van der Waals surface area contributed by atoms with E-state index in [1.807, 2.05) is 48.5 Å². The van der Waals surface area contributed by atoms with Crippen LogP contribution in [0.2, 0.25) is 0 Å². The lowest BCUT2D eigenvalue weighted by molar-refractivity contribution is -0.107. The Bertz CT molecular complexity index is 791. The maximum atomic E-state index is 11.3. The number of hydrogen-bond acceptors (Lipinski definition) is 5. The lowest BCUT2D eigenvalue weighted by Gasteiger charge is -2.05. The fourth-order valence-corrected chi connectivity index (χ4v) is 2.78. The molecule has 126 valence electrons. The van der Waals surface area contributed by atoms with E-state index in [0.717, 1.165) is 39.5 Å². The molecule has 2 aromatic rings. The molecule has 0 amide bonds. The Balaban J connectivity index is 1.97. The molecule has 0 fully saturated rings. The quantitative estimate of drug-likeness (QED) is 0.369. The number of carbonyl (C=O) groups excluding carboxylic acids is 2. The summed E-state index contributed by atoms with van der Waals surface area (Å²) < 4.78 is 5.43. The van der Waals surface area contributed by atoms with Gasteiger partial charge in [-0.05, 0) is 59.3 Å². The van der Waals surface area contributed by atoms with Crippen LogP contribution in [0.25, 0.3) is 11.1 Å². The van der Waals surface area contributed by atoms with Gasteiger partial charge in [-0.3, -0.25) is 9.59 Å². The summed E-state index contributed by atoms with van der Waals surface area (Å²) >= 11 is 2.16. The van der Waals surface area contributed by atoms with Crippen LogP contribution in [-0.2, 0) is 9.59 Å². The van der Waals surface area contributed by atoms with E-state index in [1.54, 1.807) is 5.41 Å². The molecule has 0 spiro atoms. The van der Waals surface area contributed by atoms with Crippen LogP contribution < -0.4 is 4.74 Å². The van der Waals surface area contributed by atoms with Crippen molar-refractivity contribution in [2.24, 2.45) is 0 Å². The van der Waals surface area contributed by atoms with Crippen LogP contribution in [0.15, 0.2) is 90.4 Å². The number of thioether (sulfide) groups is 2. The summed E-state index contributed by atoms with van der Waals surface area (Å²) in [7, 11) is 0. The molecule has 0 aliphatic rings. The summed E-state index contributed by atoms with van der Waals surface area (Å²) in [5.74, 6) is 0.676. The van der Waals surface area contributed by atoms with Gasteiger partial charge in [0.25, 0.3) is 0 Å². The van der Waals surface area contributed by atoms with Gasteiger partial charge < -0.3 is 4.74 Å². The predicted molar refractivity (Wildman–Crippen MR) is 106 cm³/mol. The van der Waals surface area contributed by atoms with Crippen LogP contribution in [-0.4, -0.2) is 10.2 Å². The summed E-state index contributed by atoms with van der Waals surface area (Å²) in [5.41, 5.74) is 2.09. The van der Waals surface area contributed by atoms with Crippen molar-refractivity contribution in [3.63, 3.8) is 0 Å². The highest BCUT2D eigenvalue weighted by atomic mass is 32.2. The first-order valence-corrected chi connectivity index (χ1v) is 9.01. The third-order valence-electron chi connectivity index (χ3n) is 3.04. The van der Waals surface area contributed by atoms with Gasteiger partial charge in [0.15, 0.2) is 0 Å². The zero-order valence-electron chi connectivity index (χ0n) is 13.4. The van der Waals surface area contributed by atoms with E-state index in [1.165, 1.54) is 18.4 Å². The van der Waals surface area contributed by atoms with Crippen molar-refractivity contribution in [2.45, 2.75) is 4.90 Å². The van der Waals surface area contributed by atoms with Crippen molar-refractivity contribution in [2.75, 3.05) is 0 Å². The van der Waals surface area contributed by atoms with E-state index in [9.17, 15) is 9.59 Å². The lowest BCUT2D eigenvalue weighted by Crippen LogP contribution is -1.85. The first-order chi connectivity index (χ1) is 12.1. The Morgan fingerprint density at radius 2 is 1.40 bits per heavy atom. The second kappa shape index (κ2) is 9.71. The minimum Gasteiger partial charge on any atom is -0.464 e. The van der Waals surface area contributed by atoms with Crippen LogP contribution in [0.4, 0.5) is 0 Å². The van der Waals surface area contributed by atoms with Crippen LogP contribution in [0.3, 0.4) is 0 Å². The number of benzene rings is 2. The highest BCUT2D eigenvalue weighted by Gasteiger charge is 2.02. The van der Waals surface area contributed by atoms with Gasteiger partial charge in [-0.25, -0.2) is 0 Å². The van der Waals surface area contributed by atoms with E-state index in [0.29, 0.717) is 5.75 Å². The van der Waals surface area contributed by atoms with Gasteiger partial charge in [-0.15, -0.1) is 0 Å². The van der Waals surface area contributed by atoms with Gasteiger partial charge in [0.05, 0.1) is 6.26 Å². The molecule has 0 unspecified atom stereocenters. The number of rotatable bonds is 7. The van der Waals surface area contributed by atoms with Crippen LogP contribution in [0, 0.1) is 0 Å². The summed E-state index contributed by atoms with van der Waals surface area (Å²) in [6.07, 6.45) is 4.02. The average Bonchev–Trinajstić information content (AvgIpc) is 2.66. The second-order valence-corrected chi connectivity index (χ2v) is 6.69. The van der Waals surface area contributed by atoms with E-state index < -0.39 is 0 Å². The Morgan fingerprint density at radius 1 is 0.840 bits per heavy atom. The van der Waals surface area contributed by atoms with Crippen molar-refractivity contribution in [1.82, 2.24) is 0 Å². The number of carbonyl (C=O) groups is 2. The molecular weight excluding hydrogens is 352 g/mol. The van der Waals surface area contributed by atoms with Crippen molar-refractivity contribution in [3.8, 4) is 16.9 Å². The molecule has 3 nitrogen and oxygen atoms in total. The minimum atomic E-state index is -0.133. The molecule has 0 N–H and O–H groups in total. The lowest BCUT2D eigenvalue weighted by atomic mass is 10.1. The molecule has 0 saturated carbocycles. The maximum Gasteiger partial charge on any atom is 0.216 e. The Morgan fingerprint density at radius 3 is 1.96 bits per heavy atom. The van der Waals surface area contributed by atoms with Gasteiger partial charge >= 0.3 is 0 Å². The molecule has 0 aliphatic heterocycles. The fraction of sp³-hybridized carbons (Fsp3) is 0. The summed E-state index contributed by atoms with van der Waals surface area (Å²) in [6.45, 7) is 6.85. The molecule has 0 aromatic heterocycles. The van der Waals surface area contributed by atoms with Gasteiger partial charge in [-0.2, -0.15) is 0 Å². The van der Waals surface area contributed by atoms with E-state index in [-0.39, 0.29) is 10.2 Å². The maximum absolute atomic E-state index is 11.3. The average molecular weight is 368 g/mol. The Labute approximate surface area is 155 Å². The van der Waals surface area contributed by atoms with E-state index in [4.69, 9.17) is 4.74 Å². The molecule has 0 saturated heterocycles. The zero-order valence-corrected chi connectivity index (χ0v) is 15.0. The third-order valence-corrected chi connectivity index (χ3v) is 4.56. The van der Waals surface area contributed by atoms with E-state index >= 15 is 0 Å². The molecule has 0 bridgehead atoms. The standard InChI is InChI=1S/C20H16O3S2/c1-3-19(21)24-14-13-23-17-9-5-15(6-10-17)16-7-11-18(12-8-16)25-20(22)4-2/h3-14H,1-2H2. The number of hydrogen-bond donors (Lipinski definition) is 0. The third kappa shape index (κ3) is 6.14. The number of ether oxygens (including phenoxy) is 1. The Kier molecular flexibility index (Phi) is 7.32. The van der Waals surface area contributed by atoms with Crippen LogP contribution in [0.1, 0.15) is 0 Å². The molecule has 0 heterocycles. The van der Waals surface area contributed by atoms with Crippen LogP contribution in [0.5, 0.6) is 5.75 Å². The molecule has 2 aromatic carbocycles. The summed E-state index contributed by atoms with van der Waals surface area (Å²) in [6, 6.07) is 15.3. The first-order valence-electron chi connectivity index (χ1n) is 7.32. The first kappa shape index (κ1) is 18.8. The molecule has 0 atom stereocenters. The minimum absolute atomic E-state index is 0.0738. The molecule has 0 radical (unpaired) electrons. The summed E-state index contributed by atoms with van der Waals surface area (Å²) in [5, 5.41) is 1.36. The van der Waals surface area contributed by atoms with Crippen molar-refractivity contribution in [3.05, 3.63) is 85.5 Å². The SMILES string of the molecule is C=CC(=O)SC=COc1ccc(-c2ccc(SC(=O)C=C)cc2)cc1. The Hall–Kier alpha value is -2.50. The van der Waals surface area contributed by atoms with Gasteiger partial charge in [-0.1, -0.05) is 49.2 Å². The second-order valence-electron chi connectivity index (χ2n) is 4.71.